The SMILES string of the molecule is CN(CCc1c[nH]c2ccccc12)CC[S@](C)=O. The molecule has 4 heteroatoms. The van der Waals surface area contributed by atoms with Crippen molar-refractivity contribution < 1.29 is 4.21 Å². The standard InChI is InChI=1S/C14H20N2OS/c1-16(9-10-18(2)17)8-7-12-11-15-14-6-4-3-5-13(12)14/h3-6,11,15H,7-10H2,1-2H3/t18-/m0/s1. The highest BCUT2D eigenvalue weighted by atomic mass is 32.2. The molecule has 1 N–H and O–H groups in total. The van der Waals surface area contributed by atoms with Gasteiger partial charge in [-0.25, -0.2) is 0 Å². The highest BCUT2D eigenvalue weighted by Gasteiger charge is 2.05. The van der Waals surface area contributed by atoms with Crippen LogP contribution in [0.15, 0.2) is 30.5 Å². The smallest absolute Gasteiger partial charge is 0.0456 e. The third kappa shape index (κ3) is 3.43. The largest absolute Gasteiger partial charge is 0.361 e. The van der Waals surface area contributed by atoms with E-state index in [2.05, 4.69) is 41.3 Å². The Labute approximate surface area is 111 Å². The average molecular weight is 264 g/mol. The number of likely N-dealkylation sites (N-methyl/N-ethyl adjacent to an activating group) is 1. The summed E-state index contributed by atoms with van der Waals surface area (Å²) in [6, 6.07) is 8.37. The first-order chi connectivity index (χ1) is 8.66. The predicted octanol–water partition coefficient (Wildman–Crippen LogP) is 2.02. The van der Waals surface area contributed by atoms with Gasteiger partial charge in [0.2, 0.25) is 0 Å². The lowest BCUT2D eigenvalue weighted by Gasteiger charge is -2.15. The van der Waals surface area contributed by atoms with Gasteiger partial charge in [0.1, 0.15) is 0 Å². The molecule has 2 aromatic rings. The number of H-pyrrole nitrogens is 1. The van der Waals surface area contributed by atoms with E-state index in [0.29, 0.717) is 0 Å². The summed E-state index contributed by atoms with van der Waals surface area (Å²) in [6.07, 6.45) is 4.88. The van der Waals surface area contributed by atoms with Crippen molar-refractivity contribution in [3.8, 4) is 0 Å². The van der Waals surface area contributed by atoms with Gasteiger partial charge in [-0.15, -0.1) is 0 Å². The molecule has 0 unspecified atom stereocenters. The van der Waals surface area contributed by atoms with Crippen LogP contribution in [0.2, 0.25) is 0 Å². The van der Waals surface area contributed by atoms with Crippen LogP contribution in [0.4, 0.5) is 0 Å². The third-order valence-electron chi connectivity index (χ3n) is 3.20. The molecule has 0 aliphatic heterocycles. The minimum absolute atomic E-state index is 0.697. The molecule has 0 aliphatic carbocycles. The molecule has 0 radical (unpaired) electrons. The maximum atomic E-state index is 11.0. The van der Waals surface area contributed by atoms with E-state index in [9.17, 15) is 4.21 Å². The monoisotopic (exact) mass is 264 g/mol. The van der Waals surface area contributed by atoms with E-state index in [1.54, 1.807) is 6.26 Å². The number of hydrogen-bond acceptors (Lipinski definition) is 2. The lowest BCUT2D eigenvalue weighted by molar-refractivity contribution is 0.360. The second-order valence-corrected chi connectivity index (χ2v) is 6.24. The first-order valence-corrected chi connectivity index (χ1v) is 7.93. The molecule has 0 fully saturated rings. The first kappa shape index (κ1) is 13.3. The fraction of sp³-hybridized carbons (Fsp3) is 0.429. The Balaban J connectivity index is 1.92. The number of rotatable bonds is 6. The average Bonchev–Trinajstić information content (AvgIpc) is 2.77. The lowest BCUT2D eigenvalue weighted by Crippen LogP contribution is -2.25. The van der Waals surface area contributed by atoms with Crippen molar-refractivity contribution in [2.75, 3.05) is 32.1 Å². The summed E-state index contributed by atoms with van der Waals surface area (Å²) < 4.78 is 11.0. The van der Waals surface area contributed by atoms with Crippen molar-refractivity contribution in [2.45, 2.75) is 6.42 Å². The summed E-state index contributed by atoms with van der Waals surface area (Å²) in [7, 11) is 1.39. The van der Waals surface area contributed by atoms with Crippen molar-refractivity contribution in [2.24, 2.45) is 0 Å². The Morgan fingerprint density at radius 2 is 2.06 bits per heavy atom. The van der Waals surface area contributed by atoms with Gasteiger partial charge in [0.05, 0.1) is 0 Å². The number of aromatic nitrogens is 1. The first-order valence-electron chi connectivity index (χ1n) is 6.20. The van der Waals surface area contributed by atoms with Crippen LogP contribution in [0, 0.1) is 0 Å². The molecule has 1 atom stereocenters. The van der Waals surface area contributed by atoms with E-state index in [0.717, 1.165) is 25.3 Å². The van der Waals surface area contributed by atoms with Crippen LogP contribution in [0.5, 0.6) is 0 Å². The molecule has 0 bridgehead atoms. The quantitative estimate of drug-likeness (QED) is 0.866. The number of benzene rings is 1. The van der Waals surface area contributed by atoms with Crippen LogP contribution < -0.4 is 0 Å². The number of fused-ring (bicyclic) bond motifs is 1. The third-order valence-corrected chi connectivity index (χ3v) is 3.96. The minimum Gasteiger partial charge on any atom is -0.361 e. The molecule has 0 aliphatic rings. The molecule has 18 heavy (non-hydrogen) atoms. The van der Waals surface area contributed by atoms with E-state index < -0.39 is 10.8 Å². The van der Waals surface area contributed by atoms with Crippen LogP contribution in [0.25, 0.3) is 10.9 Å². The topological polar surface area (TPSA) is 36.1 Å². The van der Waals surface area contributed by atoms with Crippen molar-refractivity contribution in [1.29, 1.82) is 0 Å². The molecule has 3 nitrogen and oxygen atoms in total. The number of nitrogens with one attached hydrogen (secondary N) is 1. The molecule has 1 heterocycles. The van der Waals surface area contributed by atoms with E-state index in [4.69, 9.17) is 0 Å². The summed E-state index contributed by atoms with van der Waals surface area (Å²) >= 11 is 0. The van der Waals surface area contributed by atoms with Crippen LogP contribution in [0.1, 0.15) is 5.56 Å². The maximum absolute atomic E-state index is 11.0. The zero-order chi connectivity index (χ0) is 13.0. The molecular formula is C14H20N2OS. The van der Waals surface area contributed by atoms with Crippen molar-refractivity contribution in [3.63, 3.8) is 0 Å². The highest BCUT2D eigenvalue weighted by molar-refractivity contribution is 7.84. The van der Waals surface area contributed by atoms with Crippen LogP contribution in [-0.2, 0) is 17.2 Å². The Morgan fingerprint density at radius 1 is 1.28 bits per heavy atom. The molecule has 0 spiro atoms. The molecule has 1 aromatic heterocycles. The van der Waals surface area contributed by atoms with E-state index >= 15 is 0 Å². The predicted molar refractivity (Wildman–Crippen MR) is 78.4 cm³/mol. The van der Waals surface area contributed by atoms with Crippen LogP contribution in [-0.4, -0.2) is 46.2 Å². The van der Waals surface area contributed by atoms with Gasteiger partial charge in [-0.1, -0.05) is 18.2 Å². The second kappa shape index (κ2) is 6.16. The van der Waals surface area contributed by atoms with Gasteiger partial charge >= 0.3 is 0 Å². The van der Waals surface area contributed by atoms with Gasteiger partial charge in [-0.2, -0.15) is 0 Å². The number of para-hydroxylation sites is 1. The summed E-state index contributed by atoms with van der Waals surface area (Å²) in [5.74, 6) is 0.754. The van der Waals surface area contributed by atoms with Crippen molar-refractivity contribution >= 4 is 21.7 Å². The van der Waals surface area contributed by atoms with Gasteiger partial charge in [0.25, 0.3) is 0 Å². The van der Waals surface area contributed by atoms with Crippen LogP contribution in [0.3, 0.4) is 0 Å². The molecule has 0 amide bonds. The molecule has 0 saturated heterocycles. The van der Waals surface area contributed by atoms with Crippen molar-refractivity contribution in [1.82, 2.24) is 9.88 Å². The molecule has 1 aromatic carbocycles. The Hall–Kier alpha value is -1.13. The molecular weight excluding hydrogens is 244 g/mol. The van der Waals surface area contributed by atoms with Crippen LogP contribution >= 0.6 is 0 Å². The highest BCUT2D eigenvalue weighted by Crippen LogP contribution is 2.18. The zero-order valence-electron chi connectivity index (χ0n) is 11.0. The van der Waals surface area contributed by atoms with Gasteiger partial charge in [0, 0.05) is 53.0 Å². The fourth-order valence-corrected chi connectivity index (χ4v) is 2.61. The summed E-state index contributed by atoms with van der Waals surface area (Å²) in [5.41, 5.74) is 2.56. The van der Waals surface area contributed by atoms with Crippen molar-refractivity contribution in [3.05, 3.63) is 36.0 Å². The number of nitrogens with zero attached hydrogens (tertiary/aromatic N) is 1. The van der Waals surface area contributed by atoms with Gasteiger partial charge in [0.15, 0.2) is 0 Å². The van der Waals surface area contributed by atoms with Gasteiger partial charge < -0.3 is 9.88 Å². The van der Waals surface area contributed by atoms with Gasteiger partial charge in [-0.3, -0.25) is 4.21 Å². The summed E-state index contributed by atoms with van der Waals surface area (Å²) in [5, 5.41) is 1.31. The molecule has 98 valence electrons. The zero-order valence-corrected chi connectivity index (χ0v) is 11.8. The van der Waals surface area contributed by atoms with E-state index in [-0.39, 0.29) is 0 Å². The normalized spacial score (nSPS) is 13.3. The minimum atomic E-state index is -0.697. The van der Waals surface area contributed by atoms with E-state index in [1.807, 2.05) is 6.07 Å². The summed E-state index contributed by atoms with van der Waals surface area (Å²) in [6.45, 7) is 1.89. The lowest BCUT2D eigenvalue weighted by atomic mass is 10.1. The summed E-state index contributed by atoms with van der Waals surface area (Å²) in [4.78, 5) is 5.53. The Kier molecular flexibility index (Phi) is 4.55. The Bertz CT molecular complexity index is 535. The molecule has 2 rings (SSSR count). The maximum Gasteiger partial charge on any atom is 0.0456 e. The number of aromatic amines is 1. The van der Waals surface area contributed by atoms with Gasteiger partial charge in [-0.05, 0) is 25.1 Å². The van der Waals surface area contributed by atoms with E-state index in [1.165, 1.54) is 16.5 Å². The fourth-order valence-electron chi connectivity index (χ4n) is 2.05. The second-order valence-electron chi connectivity index (χ2n) is 4.69. The molecule has 0 saturated carbocycles. The Morgan fingerprint density at radius 3 is 2.83 bits per heavy atom. The number of hydrogen-bond donors (Lipinski definition) is 1.